The zero-order valence-electron chi connectivity index (χ0n) is 16.3. The van der Waals surface area contributed by atoms with E-state index in [1.807, 2.05) is 13.8 Å². The first kappa shape index (κ1) is 23.2. The molecule has 2 atom stereocenters. The van der Waals surface area contributed by atoms with Gasteiger partial charge in [0, 0.05) is 0 Å². The van der Waals surface area contributed by atoms with Crippen LogP contribution in [0.5, 0.6) is 0 Å². The fraction of sp³-hybridized carbons (Fsp3) is 1.00. The minimum absolute atomic E-state index is 0.181. The Labute approximate surface area is 135 Å². The number of fused-ring (bicyclic) bond motifs is 1. The average Bonchev–Trinajstić information content (AvgIpc) is 2.81. The molecule has 0 amide bonds. The van der Waals surface area contributed by atoms with E-state index in [9.17, 15) is 4.39 Å². The normalized spacial score (nSPS) is 27.0. The van der Waals surface area contributed by atoms with Crippen molar-refractivity contribution in [1.29, 1.82) is 0 Å². The van der Waals surface area contributed by atoms with E-state index in [1.165, 1.54) is 44.9 Å². The molecule has 0 heterocycles. The summed E-state index contributed by atoms with van der Waals surface area (Å²) in [4.78, 5) is 0. The van der Waals surface area contributed by atoms with Gasteiger partial charge in [0.2, 0.25) is 0 Å². The highest BCUT2D eigenvalue weighted by Crippen LogP contribution is 2.51. The second-order valence-corrected chi connectivity index (χ2v) is 8.18. The van der Waals surface area contributed by atoms with Gasteiger partial charge in [0.1, 0.15) is 0 Å². The lowest BCUT2D eigenvalue weighted by Gasteiger charge is -2.36. The van der Waals surface area contributed by atoms with Crippen LogP contribution < -0.4 is 0 Å². The third kappa shape index (κ3) is 13.3. The first-order valence-electron chi connectivity index (χ1n) is 9.29. The van der Waals surface area contributed by atoms with Gasteiger partial charge in [-0.15, -0.1) is 0 Å². The van der Waals surface area contributed by atoms with Gasteiger partial charge < -0.3 is 0 Å². The first-order valence-corrected chi connectivity index (χ1v) is 9.29. The third-order valence-electron chi connectivity index (χ3n) is 4.03. The van der Waals surface area contributed by atoms with Gasteiger partial charge in [0.25, 0.3) is 0 Å². The van der Waals surface area contributed by atoms with Crippen LogP contribution in [0.1, 0.15) is 107 Å². The molecule has 21 heavy (non-hydrogen) atoms. The molecule has 0 nitrogen and oxygen atoms in total. The van der Waals surface area contributed by atoms with Crippen molar-refractivity contribution in [2.45, 2.75) is 107 Å². The van der Waals surface area contributed by atoms with Crippen LogP contribution >= 0.6 is 0 Å². The van der Waals surface area contributed by atoms with Gasteiger partial charge in [0.15, 0.2) is 0 Å². The minimum atomic E-state index is -0.181. The van der Waals surface area contributed by atoms with Gasteiger partial charge in [-0.3, -0.25) is 4.39 Å². The van der Waals surface area contributed by atoms with Crippen molar-refractivity contribution in [2.75, 3.05) is 6.67 Å². The summed E-state index contributed by atoms with van der Waals surface area (Å²) in [5.74, 6) is 1.11. The van der Waals surface area contributed by atoms with E-state index in [0.29, 0.717) is 11.8 Å². The molecule has 0 aromatic carbocycles. The number of alkyl halides is 1. The molecule has 0 N–H and O–H groups in total. The van der Waals surface area contributed by atoms with Crippen LogP contribution in [0.15, 0.2) is 0 Å². The molecule has 2 aliphatic rings. The number of rotatable bonds is 1. The summed E-state index contributed by atoms with van der Waals surface area (Å²) in [6, 6.07) is 0. The Balaban J connectivity index is 0. The van der Waals surface area contributed by atoms with Crippen LogP contribution in [0.25, 0.3) is 0 Å². The van der Waals surface area contributed by atoms with Gasteiger partial charge in [-0.1, -0.05) is 74.7 Å². The summed E-state index contributed by atoms with van der Waals surface area (Å²) in [5.41, 5.74) is 1.29. The number of hydrogen-bond donors (Lipinski definition) is 0. The Morgan fingerprint density at radius 2 is 1.33 bits per heavy atom. The maximum atomic E-state index is 10.7. The fourth-order valence-electron chi connectivity index (χ4n) is 3.05. The largest absolute Gasteiger partial charge is 0.251 e. The molecule has 2 saturated carbocycles. The molecule has 2 fully saturated rings. The van der Waals surface area contributed by atoms with Crippen LogP contribution in [-0.2, 0) is 0 Å². The van der Waals surface area contributed by atoms with Crippen LogP contribution in [-0.4, -0.2) is 6.67 Å². The molecule has 0 aromatic rings. The number of hydrogen-bond acceptors (Lipinski definition) is 0. The van der Waals surface area contributed by atoms with E-state index in [-0.39, 0.29) is 6.67 Å². The average molecular weight is 303 g/mol. The van der Waals surface area contributed by atoms with E-state index >= 15 is 0 Å². The first-order chi connectivity index (χ1) is 9.73. The predicted molar refractivity (Wildman–Crippen MR) is 96.7 cm³/mol. The Bertz CT molecular complexity index is 208. The summed E-state index contributed by atoms with van der Waals surface area (Å²) < 4.78 is 10.7. The SMILES string of the molecule is CC.CC(C)(C)C.CC12CCCCC1CCC2.CCCF. The molecule has 2 rings (SSSR count). The summed E-state index contributed by atoms with van der Waals surface area (Å²) in [5, 5.41) is 0. The molecule has 0 radical (unpaired) electrons. The second kappa shape index (κ2) is 12.5. The topological polar surface area (TPSA) is 0 Å². The van der Waals surface area contributed by atoms with Crippen LogP contribution in [0.4, 0.5) is 4.39 Å². The molecule has 0 spiro atoms. The van der Waals surface area contributed by atoms with Crippen molar-refractivity contribution >= 4 is 0 Å². The molecule has 2 unspecified atom stereocenters. The fourth-order valence-corrected chi connectivity index (χ4v) is 3.05. The molecule has 0 bridgehead atoms. The predicted octanol–water partition coefficient (Wildman–Crippen LogP) is 7.81. The monoisotopic (exact) mass is 302 g/mol. The van der Waals surface area contributed by atoms with Crippen molar-refractivity contribution in [3.05, 3.63) is 0 Å². The van der Waals surface area contributed by atoms with Gasteiger partial charge in [-0.25, -0.2) is 0 Å². The van der Waals surface area contributed by atoms with E-state index in [4.69, 9.17) is 0 Å². The Kier molecular flexibility index (Phi) is 13.8. The molecule has 0 saturated heterocycles. The molecule has 0 aliphatic heterocycles. The summed E-state index contributed by atoms with van der Waals surface area (Å²) in [6.07, 6.45) is 11.3. The van der Waals surface area contributed by atoms with E-state index in [2.05, 4.69) is 34.6 Å². The lowest BCUT2D eigenvalue weighted by Crippen LogP contribution is -2.25. The van der Waals surface area contributed by atoms with Crippen molar-refractivity contribution in [2.24, 2.45) is 16.7 Å². The standard InChI is InChI=1S/C10H18.C5H12.C3H7F.C2H6/c1-10-7-3-2-5-9(10)6-4-8-10;1-5(2,3)4;1-2-3-4;1-2/h9H,2-8H2,1H3;1-4H3;2-3H2,1H3;1-2H3. The maximum absolute atomic E-state index is 10.7. The lowest BCUT2D eigenvalue weighted by atomic mass is 9.70. The van der Waals surface area contributed by atoms with Crippen molar-refractivity contribution in [1.82, 2.24) is 0 Å². The highest BCUT2D eigenvalue weighted by molar-refractivity contribution is 4.90. The Morgan fingerprint density at radius 1 is 0.952 bits per heavy atom. The smallest absolute Gasteiger partial charge is 0.0891 e. The Hall–Kier alpha value is -0.0700. The maximum Gasteiger partial charge on any atom is 0.0891 e. The molecular weight excluding hydrogens is 259 g/mol. The minimum Gasteiger partial charge on any atom is -0.251 e. The van der Waals surface area contributed by atoms with Gasteiger partial charge in [-0.05, 0) is 48.9 Å². The van der Waals surface area contributed by atoms with Crippen LogP contribution in [0.3, 0.4) is 0 Å². The van der Waals surface area contributed by atoms with Gasteiger partial charge in [0.05, 0.1) is 6.67 Å². The van der Waals surface area contributed by atoms with Gasteiger partial charge >= 0.3 is 0 Å². The highest BCUT2D eigenvalue weighted by atomic mass is 19.1. The van der Waals surface area contributed by atoms with Crippen molar-refractivity contribution in [3.63, 3.8) is 0 Å². The Morgan fingerprint density at radius 3 is 1.71 bits per heavy atom. The molecule has 2 aliphatic carbocycles. The van der Waals surface area contributed by atoms with Crippen molar-refractivity contribution < 1.29 is 4.39 Å². The zero-order valence-corrected chi connectivity index (χ0v) is 16.3. The second-order valence-electron chi connectivity index (χ2n) is 8.18. The quantitative estimate of drug-likeness (QED) is 0.463. The summed E-state index contributed by atoms with van der Waals surface area (Å²) in [6.45, 7) is 16.9. The highest BCUT2D eigenvalue weighted by Gasteiger charge is 2.39. The molecule has 130 valence electrons. The van der Waals surface area contributed by atoms with Crippen molar-refractivity contribution in [3.8, 4) is 0 Å². The zero-order chi connectivity index (χ0) is 16.9. The van der Waals surface area contributed by atoms with E-state index < -0.39 is 0 Å². The third-order valence-corrected chi connectivity index (χ3v) is 4.03. The summed E-state index contributed by atoms with van der Waals surface area (Å²) >= 11 is 0. The van der Waals surface area contributed by atoms with Crippen LogP contribution in [0, 0.1) is 16.7 Å². The number of halogens is 1. The lowest BCUT2D eigenvalue weighted by molar-refractivity contribution is 0.153. The summed E-state index contributed by atoms with van der Waals surface area (Å²) in [7, 11) is 0. The van der Waals surface area contributed by atoms with E-state index in [1.54, 1.807) is 6.92 Å². The van der Waals surface area contributed by atoms with Gasteiger partial charge in [-0.2, -0.15) is 0 Å². The van der Waals surface area contributed by atoms with E-state index in [0.717, 1.165) is 11.3 Å². The molecule has 0 aromatic heterocycles. The van der Waals surface area contributed by atoms with Crippen LogP contribution in [0.2, 0.25) is 0 Å². The molecular formula is C20H43F. The molecule has 1 heteroatoms.